The van der Waals surface area contributed by atoms with Crippen molar-refractivity contribution in [3.8, 4) is 0 Å². The number of H-pyrrole nitrogens is 1. The fraction of sp³-hybridized carbons (Fsp3) is 0.250. The number of aromatic nitrogens is 5. The van der Waals surface area contributed by atoms with E-state index in [0.717, 1.165) is 5.82 Å². The molecule has 2 aromatic rings. The Morgan fingerprint density at radius 2 is 2.27 bits per heavy atom. The van der Waals surface area contributed by atoms with Crippen molar-refractivity contribution in [3.05, 3.63) is 29.4 Å². The predicted octanol–water partition coefficient (Wildman–Crippen LogP) is 1.42. The minimum Gasteiger partial charge on any atom is -0.359 e. The zero-order valence-electron chi connectivity index (χ0n) is 7.98. The zero-order valence-corrected chi connectivity index (χ0v) is 8.73. The summed E-state index contributed by atoms with van der Waals surface area (Å²) in [5.41, 5.74) is 0. The average molecular weight is 225 g/mol. The number of halogens is 1. The van der Waals surface area contributed by atoms with Crippen LogP contribution in [0.3, 0.4) is 0 Å². The summed E-state index contributed by atoms with van der Waals surface area (Å²) in [4.78, 5) is 4.03. The molecule has 1 unspecified atom stereocenters. The highest BCUT2D eigenvalue weighted by Crippen LogP contribution is 2.13. The van der Waals surface area contributed by atoms with E-state index in [-0.39, 0.29) is 6.04 Å². The van der Waals surface area contributed by atoms with E-state index in [1.807, 2.05) is 6.92 Å². The summed E-state index contributed by atoms with van der Waals surface area (Å²) in [7, 11) is 0. The van der Waals surface area contributed by atoms with E-state index in [1.165, 1.54) is 6.33 Å². The SMILES string of the molecule is CC(Nc1ccc(Cl)nn1)c1ncn[nH]1. The van der Waals surface area contributed by atoms with Gasteiger partial charge in [-0.05, 0) is 19.1 Å². The zero-order chi connectivity index (χ0) is 10.7. The topological polar surface area (TPSA) is 79.4 Å². The van der Waals surface area contributed by atoms with Crippen LogP contribution in [0.25, 0.3) is 0 Å². The average Bonchev–Trinajstić information content (AvgIpc) is 2.74. The van der Waals surface area contributed by atoms with Gasteiger partial charge in [-0.3, -0.25) is 5.10 Å². The van der Waals surface area contributed by atoms with E-state index in [1.54, 1.807) is 12.1 Å². The summed E-state index contributed by atoms with van der Waals surface area (Å²) in [6.45, 7) is 1.94. The van der Waals surface area contributed by atoms with Gasteiger partial charge in [-0.15, -0.1) is 10.2 Å². The minimum absolute atomic E-state index is 0.0111. The van der Waals surface area contributed by atoms with Gasteiger partial charge >= 0.3 is 0 Å². The molecule has 78 valence electrons. The molecule has 0 aliphatic heterocycles. The van der Waals surface area contributed by atoms with E-state index in [4.69, 9.17) is 11.6 Å². The molecule has 0 aliphatic carbocycles. The molecule has 0 fully saturated rings. The van der Waals surface area contributed by atoms with Crippen molar-refractivity contribution in [3.63, 3.8) is 0 Å². The van der Waals surface area contributed by atoms with Crippen LogP contribution in [0.4, 0.5) is 5.82 Å². The molecule has 2 N–H and O–H groups in total. The molecule has 0 aliphatic rings. The lowest BCUT2D eigenvalue weighted by atomic mass is 10.3. The third-order valence-electron chi connectivity index (χ3n) is 1.84. The summed E-state index contributed by atoms with van der Waals surface area (Å²) in [6.07, 6.45) is 1.46. The lowest BCUT2D eigenvalue weighted by Gasteiger charge is -2.10. The summed E-state index contributed by atoms with van der Waals surface area (Å²) >= 11 is 5.62. The maximum Gasteiger partial charge on any atom is 0.151 e. The van der Waals surface area contributed by atoms with Crippen LogP contribution in [0, 0.1) is 0 Å². The first-order chi connectivity index (χ1) is 7.25. The molecule has 6 nitrogen and oxygen atoms in total. The fourth-order valence-electron chi connectivity index (χ4n) is 1.11. The van der Waals surface area contributed by atoms with Crippen LogP contribution in [-0.4, -0.2) is 25.4 Å². The van der Waals surface area contributed by atoms with E-state index >= 15 is 0 Å². The van der Waals surface area contributed by atoms with Gasteiger partial charge in [0.25, 0.3) is 0 Å². The van der Waals surface area contributed by atoms with Crippen LogP contribution in [0.1, 0.15) is 18.8 Å². The quantitative estimate of drug-likeness (QED) is 0.824. The third-order valence-corrected chi connectivity index (χ3v) is 2.04. The van der Waals surface area contributed by atoms with Gasteiger partial charge in [-0.1, -0.05) is 11.6 Å². The molecule has 2 heterocycles. The molecule has 0 saturated carbocycles. The Morgan fingerprint density at radius 3 is 2.87 bits per heavy atom. The molecule has 0 amide bonds. The predicted molar refractivity (Wildman–Crippen MR) is 55.5 cm³/mol. The number of nitrogens with zero attached hydrogens (tertiary/aromatic N) is 4. The van der Waals surface area contributed by atoms with Crippen molar-refractivity contribution in [2.45, 2.75) is 13.0 Å². The first kappa shape index (κ1) is 9.85. The molecule has 15 heavy (non-hydrogen) atoms. The van der Waals surface area contributed by atoms with E-state index in [2.05, 4.69) is 30.7 Å². The van der Waals surface area contributed by atoms with Gasteiger partial charge in [0.15, 0.2) is 5.15 Å². The number of hydrogen-bond acceptors (Lipinski definition) is 5. The number of anilines is 1. The summed E-state index contributed by atoms with van der Waals surface area (Å²) < 4.78 is 0. The molecular formula is C8H9ClN6. The number of nitrogens with one attached hydrogen (secondary N) is 2. The second kappa shape index (κ2) is 4.22. The van der Waals surface area contributed by atoms with Gasteiger partial charge in [0.05, 0.1) is 6.04 Å². The standard InChI is InChI=1S/C8H9ClN6/c1-5(8-10-4-11-15-8)12-7-3-2-6(9)13-14-7/h2-5H,1H3,(H,12,14)(H,10,11,15). The highest BCUT2D eigenvalue weighted by molar-refractivity contribution is 6.29. The minimum atomic E-state index is -0.0111. The molecule has 7 heteroatoms. The number of rotatable bonds is 3. The molecule has 0 bridgehead atoms. The van der Waals surface area contributed by atoms with Gasteiger partial charge in [-0.25, -0.2) is 4.98 Å². The lowest BCUT2D eigenvalue weighted by Crippen LogP contribution is -2.09. The van der Waals surface area contributed by atoms with Crippen LogP contribution in [0.15, 0.2) is 18.5 Å². The van der Waals surface area contributed by atoms with Crippen LogP contribution >= 0.6 is 11.6 Å². The van der Waals surface area contributed by atoms with Crippen molar-refractivity contribution < 1.29 is 0 Å². The molecule has 0 aromatic carbocycles. The van der Waals surface area contributed by atoms with Gasteiger partial charge in [0, 0.05) is 0 Å². The van der Waals surface area contributed by atoms with Gasteiger partial charge in [0.1, 0.15) is 18.0 Å². The molecule has 0 radical (unpaired) electrons. The maximum atomic E-state index is 5.62. The largest absolute Gasteiger partial charge is 0.359 e. The highest BCUT2D eigenvalue weighted by Gasteiger charge is 2.08. The Bertz CT molecular complexity index is 411. The van der Waals surface area contributed by atoms with Crippen molar-refractivity contribution in [1.29, 1.82) is 0 Å². The first-order valence-corrected chi connectivity index (χ1v) is 4.74. The van der Waals surface area contributed by atoms with Crippen LogP contribution < -0.4 is 5.32 Å². The lowest BCUT2D eigenvalue weighted by molar-refractivity contribution is 0.784. The Kier molecular flexibility index (Phi) is 2.77. The number of hydrogen-bond donors (Lipinski definition) is 2. The first-order valence-electron chi connectivity index (χ1n) is 4.37. The summed E-state index contributed by atoms with van der Waals surface area (Å²) in [5, 5.41) is 17.6. The summed E-state index contributed by atoms with van der Waals surface area (Å²) in [6, 6.07) is 3.41. The van der Waals surface area contributed by atoms with Crippen LogP contribution in [0.5, 0.6) is 0 Å². The third kappa shape index (κ3) is 2.41. The van der Waals surface area contributed by atoms with Gasteiger partial charge in [-0.2, -0.15) is 5.10 Å². The van der Waals surface area contributed by atoms with Gasteiger partial charge < -0.3 is 5.32 Å². The molecule has 2 aromatic heterocycles. The molecule has 1 atom stereocenters. The smallest absolute Gasteiger partial charge is 0.151 e. The van der Waals surface area contributed by atoms with Crippen molar-refractivity contribution >= 4 is 17.4 Å². The maximum absolute atomic E-state index is 5.62. The molecule has 0 spiro atoms. The van der Waals surface area contributed by atoms with Gasteiger partial charge in [0.2, 0.25) is 0 Å². The van der Waals surface area contributed by atoms with Crippen molar-refractivity contribution in [2.75, 3.05) is 5.32 Å². The van der Waals surface area contributed by atoms with E-state index < -0.39 is 0 Å². The fourth-order valence-corrected chi connectivity index (χ4v) is 1.21. The molecule has 2 rings (SSSR count). The Hall–Kier alpha value is -1.69. The van der Waals surface area contributed by atoms with E-state index in [0.29, 0.717) is 11.0 Å². The molecule has 0 saturated heterocycles. The number of aromatic amines is 1. The highest BCUT2D eigenvalue weighted by atomic mass is 35.5. The van der Waals surface area contributed by atoms with Crippen LogP contribution in [0.2, 0.25) is 5.15 Å². The summed E-state index contributed by atoms with van der Waals surface area (Å²) in [5.74, 6) is 1.38. The Labute approximate surface area is 91.1 Å². The van der Waals surface area contributed by atoms with Crippen molar-refractivity contribution in [1.82, 2.24) is 25.4 Å². The Balaban J connectivity index is 2.06. The second-order valence-electron chi connectivity index (χ2n) is 2.98. The van der Waals surface area contributed by atoms with E-state index in [9.17, 15) is 0 Å². The molecular weight excluding hydrogens is 216 g/mol. The monoisotopic (exact) mass is 224 g/mol. The second-order valence-corrected chi connectivity index (χ2v) is 3.37. The van der Waals surface area contributed by atoms with Crippen molar-refractivity contribution in [2.24, 2.45) is 0 Å². The normalized spacial score (nSPS) is 12.4. The Morgan fingerprint density at radius 1 is 1.40 bits per heavy atom. The van der Waals surface area contributed by atoms with Crippen LogP contribution in [-0.2, 0) is 0 Å².